The van der Waals surface area contributed by atoms with Gasteiger partial charge >= 0.3 is 6.18 Å². The molecule has 116 valence electrons. The van der Waals surface area contributed by atoms with Crippen molar-refractivity contribution in [2.24, 2.45) is 7.05 Å². The van der Waals surface area contributed by atoms with Crippen molar-refractivity contribution in [3.8, 4) is 0 Å². The lowest BCUT2D eigenvalue weighted by Crippen LogP contribution is -2.17. The van der Waals surface area contributed by atoms with Gasteiger partial charge in [-0.15, -0.1) is 0 Å². The number of halogens is 3. The molecule has 0 atom stereocenters. The topological polar surface area (TPSA) is 63.6 Å². The molecule has 2 aromatic heterocycles. The minimum atomic E-state index is -4.65. The SMILES string of the molecule is Cn1nc2c(c1/C=C/c1nc(C(F)(F)F)cc(=O)[nH]1)CCC2. The molecule has 0 spiro atoms. The highest BCUT2D eigenvalue weighted by atomic mass is 19.4. The van der Waals surface area contributed by atoms with Gasteiger partial charge in [-0.2, -0.15) is 18.3 Å². The molecule has 22 heavy (non-hydrogen) atoms. The predicted octanol–water partition coefficient (Wildman–Crippen LogP) is 2.18. The Labute approximate surface area is 123 Å². The Morgan fingerprint density at radius 2 is 2.09 bits per heavy atom. The van der Waals surface area contributed by atoms with E-state index < -0.39 is 17.4 Å². The number of aryl methyl sites for hydroxylation is 2. The second-order valence-electron chi connectivity index (χ2n) is 5.13. The summed E-state index contributed by atoms with van der Waals surface area (Å²) in [6, 6.07) is 0.444. The summed E-state index contributed by atoms with van der Waals surface area (Å²) in [6.07, 6.45) is 1.19. The van der Waals surface area contributed by atoms with Crippen LogP contribution in [0, 0.1) is 0 Å². The molecule has 0 unspecified atom stereocenters. The van der Waals surface area contributed by atoms with Crippen molar-refractivity contribution >= 4 is 12.2 Å². The van der Waals surface area contributed by atoms with E-state index in [1.54, 1.807) is 17.8 Å². The zero-order chi connectivity index (χ0) is 15.9. The number of aromatic amines is 1. The lowest BCUT2D eigenvalue weighted by molar-refractivity contribution is -0.141. The first kappa shape index (κ1) is 14.6. The highest BCUT2D eigenvalue weighted by Gasteiger charge is 2.33. The fraction of sp³-hybridized carbons (Fsp3) is 0.357. The number of fused-ring (bicyclic) bond motifs is 1. The molecular formula is C14H13F3N4O. The third-order valence-electron chi connectivity index (χ3n) is 3.57. The van der Waals surface area contributed by atoms with E-state index in [1.165, 1.54) is 6.08 Å². The third kappa shape index (κ3) is 2.68. The van der Waals surface area contributed by atoms with Crippen LogP contribution >= 0.6 is 0 Å². The van der Waals surface area contributed by atoms with Gasteiger partial charge in [0.15, 0.2) is 5.69 Å². The van der Waals surface area contributed by atoms with Crippen LogP contribution in [0.25, 0.3) is 12.2 Å². The first-order valence-electron chi connectivity index (χ1n) is 6.76. The van der Waals surface area contributed by atoms with Gasteiger partial charge in [-0.1, -0.05) is 0 Å². The molecule has 0 aromatic carbocycles. The summed E-state index contributed by atoms with van der Waals surface area (Å²) in [4.78, 5) is 17.0. The Bertz CT molecular complexity index is 801. The van der Waals surface area contributed by atoms with E-state index in [1.807, 2.05) is 0 Å². The van der Waals surface area contributed by atoms with Gasteiger partial charge in [-0.05, 0) is 31.4 Å². The Kier molecular flexibility index (Phi) is 3.38. The maximum Gasteiger partial charge on any atom is 0.433 e. The standard InChI is InChI=1S/C14H13F3N4O/c1-21-10(8-3-2-4-9(8)20-21)5-6-12-18-11(14(15,16)17)7-13(22)19-12/h5-7H,2-4H2,1H3,(H,18,19,22)/b6-5+. The molecule has 1 aliphatic rings. The zero-order valence-electron chi connectivity index (χ0n) is 11.7. The molecule has 0 saturated carbocycles. The smallest absolute Gasteiger partial charge is 0.307 e. The van der Waals surface area contributed by atoms with Crippen molar-refractivity contribution in [1.29, 1.82) is 0 Å². The maximum atomic E-state index is 12.7. The molecule has 0 aliphatic heterocycles. The molecular weight excluding hydrogens is 297 g/mol. The van der Waals surface area contributed by atoms with Crippen LogP contribution in [-0.2, 0) is 26.1 Å². The van der Waals surface area contributed by atoms with Crippen LogP contribution in [0.4, 0.5) is 13.2 Å². The van der Waals surface area contributed by atoms with E-state index in [9.17, 15) is 18.0 Å². The van der Waals surface area contributed by atoms with Crippen LogP contribution in [-0.4, -0.2) is 19.7 Å². The molecule has 0 bridgehead atoms. The average Bonchev–Trinajstić information content (AvgIpc) is 2.95. The number of hydrogen-bond acceptors (Lipinski definition) is 3. The van der Waals surface area contributed by atoms with Gasteiger partial charge in [-0.3, -0.25) is 9.48 Å². The average molecular weight is 310 g/mol. The fourth-order valence-electron chi connectivity index (χ4n) is 2.61. The number of hydrogen-bond donors (Lipinski definition) is 1. The van der Waals surface area contributed by atoms with Crippen LogP contribution in [0.5, 0.6) is 0 Å². The lowest BCUT2D eigenvalue weighted by atomic mass is 10.2. The summed E-state index contributed by atoms with van der Waals surface area (Å²) in [5, 5.41) is 4.37. The molecule has 0 fully saturated rings. The highest BCUT2D eigenvalue weighted by molar-refractivity contribution is 5.67. The number of alkyl halides is 3. The molecule has 8 heteroatoms. The van der Waals surface area contributed by atoms with E-state index in [-0.39, 0.29) is 5.82 Å². The summed E-state index contributed by atoms with van der Waals surface area (Å²) in [5.74, 6) is -0.132. The van der Waals surface area contributed by atoms with Crippen LogP contribution in [0.1, 0.15) is 34.9 Å². The van der Waals surface area contributed by atoms with Gasteiger partial charge in [0.1, 0.15) is 5.82 Å². The van der Waals surface area contributed by atoms with Crippen LogP contribution < -0.4 is 5.56 Å². The third-order valence-corrected chi connectivity index (χ3v) is 3.57. The highest BCUT2D eigenvalue weighted by Crippen LogP contribution is 2.27. The minimum absolute atomic E-state index is 0.132. The Hall–Kier alpha value is -2.38. The summed E-state index contributed by atoms with van der Waals surface area (Å²) >= 11 is 0. The van der Waals surface area contributed by atoms with Gasteiger partial charge < -0.3 is 4.98 Å². The zero-order valence-corrected chi connectivity index (χ0v) is 11.7. The summed E-state index contributed by atoms with van der Waals surface area (Å²) in [6.45, 7) is 0. The van der Waals surface area contributed by atoms with Crippen LogP contribution in [0.15, 0.2) is 10.9 Å². The maximum absolute atomic E-state index is 12.7. The predicted molar refractivity (Wildman–Crippen MR) is 74.0 cm³/mol. The second-order valence-corrected chi connectivity index (χ2v) is 5.13. The minimum Gasteiger partial charge on any atom is -0.307 e. The molecule has 1 aliphatic carbocycles. The summed E-state index contributed by atoms with van der Waals surface area (Å²) in [5.41, 5.74) is 0.914. The van der Waals surface area contributed by atoms with E-state index >= 15 is 0 Å². The van der Waals surface area contributed by atoms with E-state index in [0.29, 0.717) is 6.07 Å². The molecule has 0 saturated heterocycles. The summed E-state index contributed by atoms with van der Waals surface area (Å²) in [7, 11) is 1.78. The number of nitrogens with one attached hydrogen (secondary N) is 1. The van der Waals surface area contributed by atoms with Crippen molar-refractivity contribution in [2.75, 3.05) is 0 Å². The molecule has 3 rings (SSSR count). The molecule has 5 nitrogen and oxygen atoms in total. The van der Waals surface area contributed by atoms with Crippen LogP contribution in [0.2, 0.25) is 0 Å². The van der Waals surface area contributed by atoms with E-state index in [4.69, 9.17) is 0 Å². The van der Waals surface area contributed by atoms with Gasteiger partial charge in [0, 0.05) is 18.7 Å². The van der Waals surface area contributed by atoms with Crippen LogP contribution in [0.3, 0.4) is 0 Å². The first-order valence-corrected chi connectivity index (χ1v) is 6.76. The molecule has 0 radical (unpaired) electrons. The van der Waals surface area contributed by atoms with E-state index in [0.717, 1.165) is 36.2 Å². The van der Waals surface area contributed by atoms with Gasteiger partial charge in [0.25, 0.3) is 5.56 Å². The molecule has 1 N–H and O–H groups in total. The quantitative estimate of drug-likeness (QED) is 0.925. The van der Waals surface area contributed by atoms with Crippen molar-refractivity contribution in [2.45, 2.75) is 25.4 Å². The lowest BCUT2D eigenvalue weighted by Gasteiger charge is -2.05. The Balaban J connectivity index is 1.97. The number of nitrogens with zero attached hydrogens (tertiary/aromatic N) is 3. The normalized spacial score (nSPS) is 14.7. The molecule has 2 aromatic rings. The fourth-order valence-corrected chi connectivity index (χ4v) is 2.61. The van der Waals surface area contributed by atoms with E-state index in [2.05, 4.69) is 15.1 Å². The molecule has 2 heterocycles. The monoisotopic (exact) mass is 310 g/mol. The number of H-pyrrole nitrogens is 1. The second kappa shape index (κ2) is 5.11. The number of aromatic nitrogens is 4. The first-order chi connectivity index (χ1) is 10.3. The number of rotatable bonds is 2. The molecule has 0 amide bonds. The largest absolute Gasteiger partial charge is 0.433 e. The van der Waals surface area contributed by atoms with Crippen molar-refractivity contribution in [3.63, 3.8) is 0 Å². The van der Waals surface area contributed by atoms with Gasteiger partial charge in [-0.25, -0.2) is 4.98 Å². The van der Waals surface area contributed by atoms with Gasteiger partial charge in [0.05, 0.1) is 11.4 Å². The summed E-state index contributed by atoms with van der Waals surface area (Å²) < 4.78 is 39.6. The Morgan fingerprint density at radius 3 is 2.82 bits per heavy atom. The Morgan fingerprint density at radius 1 is 1.32 bits per heavy atom. The van der Waals surface area contributed by atoms with Gasteiger partial charge in [0.2, 0.25) is 0 Å². The van der Waals surface area contributed by atoms with Crippen molar-refractivity contribution in [1.82, 2.24) is 19.7 Å². The van der Waals surface area contributed by atoms with Crippen molar-refractivity contribution in [3.05, 3.63) is 44.9 Å². The van der Waals surface area contributed by atoms with Crippen molar-refractivity contribution < 1.29 is 13.2 Å².